The summed E-state index contributed by atoms with van der Waals surface area (Å²) in [7, 11) is 0. The van der Waals surface area contributed by atoms with Crippen molar-refractivity contribution in [3.63, 3.8) is 0 Å². The number of anilines is 1. The quantitative estimate of drug-likeness (QED) is 0.856. The normalized spacial score (nSPS) is 19.8. The summed E-state index contributed by atoms with van der Waals surface area (Å²) in [4.78, 5) is 21.2. The second-order valence-corrected chi connectivity index (χ2v) is 6.85. The Morgan fingerprint density at radius 2 is 2.10 bits per heavy atom. The number of hydrogen-bond donors (Lipinski definition) is 0. The highest BCUT2D eigenvalue weighted by Crippen LogP contribution is 2.32. The first-order valence-electron chi connectivity index (χ1n) is 7.69. The molecule has 0 spiro atoms. The summed E-state index contributed by atoms with van der Waals surface area (Å²) in [6, 6.07) is 4.23. The van der Waals surface area contributed by atoms with Crippen molar-refractivity contribution in [3.05, 3.63) is 23.7 Å². The molecule has 1 saturated heterocycles. The zero-order chi connectivity index (χ0) is 14.2. The SMILES string of the molecule is O=C(C1CC1)N1CCCN(c2nccc3sccc23)CC1. The summed E-state index contributed by atoms with van der Waals surface area (Å²) in [6.07, 6.45) is 5.11. The van der Waals surface area contributed by atoms with Gasteiger partial charge in [-0.25, -0.2) is 4.98 Å². The molecule has 1 aliphatic carbocycles. The van der Waals surface area contributed by atoms with Gasteiger partial charge in [-0.1, -0.05) is 0 Å². The number of rotatable bonds is 2. The molecule has 21 heavy (non-hydrogen) atoms. The van der Waals surface area contributed by atoms with E-state index in [4.69, 9.17) is 0 Å². The van der Waals surface area contributed by atoms with Gasteiger partial charge in [0.25, 0.3) is 0 Å². The van der Waals surface area contributed by atoms with Crippen molar-refractivity contribution in [2.24, 2.45) is 5.92 Å². The van der Waals surface area contributed by atoms with Crippen molar-refractivity contribution < 1.29 is 4.79 Å². The third-order valence-corrected chi connectivity index (χ3v) is 5.27. The van der Waals surface area contributed by atoms with Crippen molar-refractivity contribution in [2.75, 3.05) is 31.1 Å². The molecule has 0 N–H and O–H groups in total. The van der Waals surface area contributed by atoms with Crippen molar-refractivity contribution >= 4 is 33.1 Å². The van der Waals surface area contributed by atoms with E-state index < -0.39 is 0 Å². The van der Waals surface area contributed by atoms with E-state index in [0.717, 1.165) is 51.3 Å². The van der Waals surface area contributed by atoms with Crippen LogP contribution in [0.15, 0.2) is 23.7 Å². The lowest BCUT2D eigenvalue weighted by atomic mass is 10.3. The smallest absolute Gasteiger partial charge is 0.225 e. The largest absolute Gasteiger partial charge is 0.354 e. The van der Waals surface area contributed by atoms with Crippen LogP contribution in [0.4, 0.5) is 5.82 Å². The number of amides is 1. The molecule has 2 aromatic heterocycles. The van der Waals surface area contributed by atoms with Gasteiger partial charge in [0, 0.05) is 48.4 Å². The molecular formula is C16H19N3OS. The summed E-state index contributed by atoms with van der Waals surface area (Å²) in [5.74, 6) is 1.78. The minimum absolute atomic E-state index is 0.329. The fourth-order valence-corrected chi connectivity index (χ4v) is 3.85. The van der Waals surface area contributed by atoms with E-state index in [1.165, 1.54) is 10.1 Å². The van der Waals surface area contributed by atoms with Crippen LogP contribution in [-0.4, -0.2) is 42.0 Å². The summed E-state index contributed by atoms with van der Waals surface area (Å²) in [6.45, 7) is 3.60. The van der Waals surface area contributed by atoms with Crippen LogP contribution in [0.5, 0.6) is 0 Å². The molecule has 4 nitrogen and oxygen atoms in total. The van der Waals surface area contributed by atoms with E-state index in [1.807, 2.05) is 6.20 Å². The molecule has 2 aromatic rings. The highest BCUT2D eigenvalue weighted by molar-refractivity contribution is 7.17. The number of nitrogens with zero attached hydrogens (tertiary/aromatic N) is 3. The summed E-state index contributed by atoms with van der Waals surface area (Å²) in [5, 5.41) is 3.36. The minimum Gasteiger partial charge on any atom is -0.354 e. The number of carbonyl (C=O) groups excluding carboxylic acids is 1. The zero-order valence-corrected chi connectivity index (χ0v) is 12.8. The minimum atomic E-state index is 0.329. The molecule has 1 saturated carbocycles. The van der Waals surface area contributed by atoms with Crippen LogP contribution in [0.2, 0.25) is 0 Å². The lowest BCUT2D eigenvalue weighted by Gasteiger charge is -2.23. The molecule has 0 radical (unpaired) electrons. The molecule has 5 heteroatoms. The average molecular weight is 301 g/mol. The third-order valence-electron chi connectivity index (χ3n) is 4.39. The van der Waals surface area contributed by atoms with Gasteiger partial charge in [-0.3, -0.25) is 4.79 Å². The van der Waals surface area contributed by atoms with Crippen LogP contribution >= 0.6 is 11.3 Å². The lowest BCUT2D eigenvalue weighted by molar-refractivity contribution is -0.132. The average Bonchev–Trinajstić information content (AvgIpc) is 3.28. The van der Waals surface area contributed by atoms with Gasteiger partial charge in [0.2, 0.25) is 5.91 Å². The Kier molecular flexibility index (Phi) is 3.30. The van der Waals surface area contributed by atoms with Crippen LogP contribution in [-0.2, 0) is 4.79 Å². The standard InChI is InChI=1S/C16H19N3OS/c20-16(12-2-3-12)19-8-1-7-18(9-10-19)15-13-5-11-21-14(13)4-6-17-15/h4-6,11-12H,1-3,7-10H2. The van der Waals surface area contributed by atoms with Crippen LogP contribution in [0.1, 0.15) is 19.3 Å². The number of fused-ring (bicyclic) bond motifs is 1. The molecule has 4 rings (SSSR count). The Labute approximate surface area is 128 Å². The van der Waals surface area contributed by atoms with E-state index in [9.17, 15) is 4.79 Å². The highest BCUT2D eigenvalue weighted by atomic mass is 32.1. The van der Waals surface area contributed by atoms with Crippen molar-refractivity contribution in [1.29, 1.82) is 0 Å². The molecule has 0 atom stereocenters. The van der Waals surface area contributed by atoms with Crippen LogP contribution in [0.3, 0.4) is 0 Å². The maximum atomic E-state index is 12.2. The predicted octanol–water partition coefficient (Wildman–Crippen LogP) is 2.75. The number of hydrogen-bond acceptors (Lipinski definition) is 4. The second kappa shape index (κ2) is 5.30. The Morgan fingerprint density at radius 1 is 1.19 bits per heavy atom. The Morgan fingerprint density at radius 3 is 2.95 bits per heavy atom. The maximum Gasteiger partial charge on any atom is 0.225 e. The first kappa shape index (κ1) is 13.1. The topological polar surface area (TPSA) is 36.4 Å². The van der Waals surface area contributed by atoms with Gasteiger partial charge in [0.05, 0.1) is 0 Å². The summed E-state index contributed by atoms with van der Waals surface area (Å²) < 4.78 is 1.29. The van der Waals surface area contributed by atoms with Gasteiger partial charge in [-0.15, -0.1) is 11.3 Å². The number of pyridine rings is 1. The van der Waals surface area contributed by atoms with Gasteiger partial charge < -0.3 is 9.80 Å². The fourth-order valence-electron chi connectivity index (χ4n) is 3.07. The van der Waals surface area contributed by atoms with E-state index in [2.05, 4.69) is 32.3 Å². The van der Waals surface area contributed by atoms with Gasteiger partial charge in [-0.2, -0.15) is 0 Å². The second-order valence-electron chi connectivity index (χ2n) is 5.91. The molecule has 1 amide bonds. The highest BCUT2D eigenvalue weighted by Gasteiger charge is 2.34. The van der Waals surface area contributed by atoms with E-state index in [1.54, 1.807) is 11.3 Å². The molecule has 0 unspecified atom stereocenters. The Hall–Kier alpha value is -1.62. The van der Waals surface area contributed by atoms with E-state index in [-0.39, 0.29) is 0 Å². The van der Waals surface area contributed by atoms with Crippen LogP contribution in [0, 0.1) is 5.92 Å². The van der Waals surface area contributed by atoms with Crippen LogP contribution in [0.25, 0.3) is 10.1 Å². The lowest BCUT2D eigenvalue weighted by Crippen LogP contribution is -2.36. The van der Waals surface area contributed by atoms with Gasteiger partial charge in [0.15, 0.2) is 0 Å². The first-order chi connectivity index (χ1) is 10.3. The third kappa shape index (κ3) is 2.50. The van der Waals surface area contributed by atoms with Crippen molar-refractivity contribution in [1.82, 2.24) is 9.88 Å². The van der Waals surface area contributed by atoms with Crippen LogP contribution < -0.4 is 4.90 Å². The van der Waals surface area contributed by atoms with Crippen molar-refractivity contribution in [2.45, 2.75) is 19.3 Å². The summed E-state index contributed by atoms with van der Waals surface area (Å²) >= 11 is 1.76. The monoisotopic (exact) mass is 301 g/mol. The molecule has 0 aromatic carbocycles. The molecule has 1 aliphatic heterocycles. The molecule has 2 aliphatic rings. The predicted molar refractivity (Wildman–Crippen MR) is 85.8 cm³/mol. The molecule has 3 heterocycles. The Bertz CT molecular complexity index is 664. The number of thiophene rings is 1. The molecule has 0 bridgehead atoms. The molecular weight excluding hydrogens is 282 g/mol. The van der Waals surface area contributed by atoms with E-state index in [0.29, 0.717) is 11.8 Å². The fraction of sp³-hybridized carbons (Fsp3) is 0.500. The maximum absolute atomic E-state index is 12.2. The molecule has 110 valence electrons. The zero-order valence-electron chi connectivity index (χ0n) is 12.0. The number of aromatic nitrogens is 1. The van der Waals surface area contributed by atoms with Gasteiger partial charge >= 0.3 is 0 Å². The first-order valence-corrected chi connectivity index (χ1v) is 8.57. The van der Waals surface area contributed by atoms with Gasteiger partial charge in [0.1, 0.15) is 5.82 Å². The van der Waals surface area contributed by atoms with E-state index >= 15 is 0 Å². The van der Waals surface area contributed by atoms with Crippen molar-refractivity contribution in [3.8, 4) is 0 Å². The number of carbonyl (C=O) groups is 1. The van der Waals surface area contributed by atoms with Gasteiger partial charge in [-0.05, 0) is 36.8 Å². The molecule has 2 fully saturated rings. The summed E-state index contributed by atoms with van der Waals surface area (Å²) in [5.41, 5.74) is 0. The Balaban J connectivity index is 1.54.